The highest BCUT2D eigenvalue weighted by molar-refractivity contribution is 5.45. The number of hydrogen-bond donors (Lipinski definition) is 1. The molecule has 29 heavy (non-hydrogen) atoms. The van der Waals surface area contributed by atoms with Gasteiger partial charge in [0.15, 0.2) is 0 Å². The molecule has 1 heterocycles. The minimum atomic E-state index is 0.242. The summed E-state index contributed by atoms with van der Waals surface area (Å²) in [4.78, 5) is 2.15. The molecule has 1 aliphatic rings. The zero-order chi connectivity index (χ0) is 20.9. The van der Waals surface area contributed by atoms with E-state index in [9.17, 15) is 0 Å². The molecule has 2 aromatic carbocycles. The van der Waals surface area contributed by atoms with E-state index < -0.39 is 0 Å². The summed E-state index contributed by atoms with van der Waals surface area (Å²) in [7, 11) is 4.17. The molecule has 1 saturated heterocycles. The lowest BCUT2D eigenvalue weighted by atomic mass is 9.68. The van der Waals surface area contributed by atoms with Crippen LogP contribution in [0.1, 0.15) is 49.8 Å². The van der Waals surface area contributed by atoms with Gasteiger partial charge in [0.1, 0.15) is 6.54 Å². The van der Waals surface area contributed by atoms with Crippen molar-refractivity contribution < 1.29 is 10.1 Å². The molecular weight excluding hydrogens is 356 g/mol. The van der Waals surface area contributed by atoms with Crippen molar-refractivity contribution in [2.45, 2.75) is 58.1 Å². The van der Waals surface area contributed by atoms with Gasteiger partial charge in [0.25, 0.3) is 0 Å². The molecule has 3 rings (SSSR count). The Morgan fingerprint density at radius 2 is 1.76 bits per heavy atom. The van der Waals surface area contributed by atoms with Crippen molar-refractivity contribution in [1.29, 1.82) is 0 Å². The van der Waals surface area contributed by atoms with E-state index in [1.807, 2.05) is 0 Å². The fourth-order valence-electron chi connectivity index (χ4n) is 4.50. The Balaban J connectivity index is 1.65. The molecule has 2 atom stereocenters. The average molecular weight is 396 g/mol. The smallest absolute Gasteiger partial charge is 0.101 e. The first-order valence-corrected chi connectivity index (χ1v) is 11.2. The van der Waals surface area contributed by atoms with Gasteiger partial charge >= 0.3 is 0 Å². The van der Waals surface area contributed by atoms with Crippen LogP contribution in [0.5, 0.6) is 0 Å². The van der Waals surface area contributed by atoms with Crippen molar-refractivity contribution in [3.63, 3.8) is 0 Å². The van der Waals surface area contributed by atoms with Crippen molar-refractivity contribution >= 4 is 5.69 Å². The minimum absolute atomic E-state index is 0.242. The molecule has 0 aliphatic carbocycles. The van der Waals surface area contributed by atoms with Gasteiger partial charge in [-0.25, -0.2) is 0 Å². The van der Waals surface area contributed by atoms with Crippen LogP contribution in [0.15, 0.2) is 48.5 Å². The Bertz CT molecular complexity index is 751. The zero-order valence-corrected chi connectivity index (χ0v) is 18.9. The Morgan fingerprint density at radius 3 is 2.38 bits per heavy atom. The highest BCUT2D eigenvalue weighted by atomic mass is 16.5. The summed E-state index contributed by atoms with van der Waals surface area (Å²) in [6, 6.07) is 18.2. The van der Waals surface area contributed by atoms with Gasteiger partial charge < -0.3 is 15.0 Å². The summed E-state index contributed by atoms with van der Waals surface area (Å²) in [5, 5.41) is 2.47. The van der Waals surface area contributed by atoms with E-state index in [0.717, 1.165) is 32.5 Å². The van der Waals surface area contributed by atoms with Crippen molar-refractivity contribution in [1.82, 2.24) is 0 Å². The molecule has 1 fully saturated rings. The Morgan fingerprint density at radius 1 is 1.07 bits per heavy atom. The third-order valence-corrected chi connectivity index (χ3v) is 6.57. The number of ether oxygens (including phenoxy) is 1. The summed E-state index contributed by atoms with van der Waals surface area (Å²) >= 11 is 0. The standard InChI is InChI=1S/C26H38N2O/c1-20(2)25-18-26(15-17-29-25,23-10-6-21(3)7-11-23)14-16-27-19-22-8-12-24(13-9-22)28(4)5/h6-13,20,25,27H,14-19H2,1-5H3/p+1/t25-,26-/m1/s1. The lowest BCUT2D eigenvalue weighted by molar-refractivity contribution is -0.671. The number of aryl methyl sites for hydroxylation is 1. The number of quaternary nitrogens is 1. The molecule has 0 amide bonds. The monoisotopic (exact) mass is 395 g/mol. The first-order valence-electron chi connectivity index (χ1n) is 11.2. The van der Waals surface area contributed by atoms with Crippen LogP contribution >= 0.6 is 0 Å². The van der Waals surface area contributed by atoms with E-state index in [2.05, 4.69) is 93.6 Å². The van der Waals surface area contributed by atoms with E-state index in [1.165, 1.54) is 28.8 Å². The lowest BCUT2D eigenvalue weighted by Gasteiger charge is -2.42. The number of rotatable bonds is 8. The van der Waals surface area contributed by atoms with Crippen LogP contribution in [0, 0.1) is 12.8 Å². The highest BCUT2D eigenvalue weighted by Gasteiger charge is 2.39. The molecule has 158 valence electrons. The summed E-state index contributed by atoms with van der Waals surface area (Å²) in [6.07, 6.45) is 3.84. The van der Waals surface area contributed by atoms with Crippen LogP contribution in [0.2, 0.25) is 0 Å². The van der Waals surface area contributed by atoms with E-state index in [-0.39, 0.29) is 5.41 Å². The Hall–Kier alpha value is -1.84. The van der Waals surface area contributed by atoms with Crippen LogP contribution in [-0.2, 0) is 16.7 Å². The Labute approximate surface area is 177 Å². The molecular formula is C26H39N2O+. The molecule has 2 N–H and O–H groups in total. The molecule has 0 saturated carbocycles. The van der Waals surface area contributed by atoms with Crippen LogP contribution < -0.4 is 10.2 Å². The van der Waals surface area contributed by atoms with Crippen molar-refractivity contribution in [2.24, 2.45) is 5.92 Å². The fourth-order valence-corrected chi connectivity index (χ4v) is 4.50. The number of nitrogens with two attached hydrogens (primary N) is 1. The third kappa shape index (κ3) is 5.61. The van der Waals surface area contributed by atoms with Crippen molar-refractivity contribution in [3.05, 3.63) is 65.2 Å². The number of anilines is 1. The molecule has 3 heteroatoms. The molecule has 2 aromatic rings. The highest BCUT2D eigenvalue weighted by Crippen LogP contribution is 2.41. The predicted molar refractivity (Wildman–Crippen MR) is 123 cm³/mol. The number of benzene rings is 2. The van der Waals surface area contributed by atoms with Gasteiger partial charge in [-0.3, -0.25) is 0 Å². The fraction of sp³-hybridized carbons (Fsp3) is 0.538. The van der Waals surface area contributed by atoms with Crippen molar-refractivity contribution in [3.8, 4) is 0 Å². The third-order valence-electron chi connectivity index (χ3n) is 6.57. The predicted octanol–water partition coefficient (Wildman–Crippen LogP) is 4.29. The lowest BCUT2D eigenvalue weighted by Crippen LogP contribution is -2.83. The van der Waals surface area contributed by atoms with E-state index in [0.29, 0.717) is 12.0 Å². The summed E-state index contributed by atoms with van der Waals surface area (Å²) in [5.74, 6) is 0.569. The van der Waals surface area contributed by atoms with E-state index >= 15 is 0 Å². The van der Waals surface area contributed by atoms with Gasteiger partial charge in [-0.05, 0) is 43.4 Å². The van der Waals surface area contributed by atoms with Gasteiger partial charge in [-0.15, -0.1) is 0 Å². The topological polar surface area (TPSA) is 29.1 Å². The van der Waals surface area contributed by atoms with Crippen LogP contribution in [0.3, 0.4) is 0 Å². The maximum Gasteiger partial charge on any atom is 0.101 e. The van der Waals surface area contributed by atoms with Gasteiger partial charge in [0, 0.05) is 43.8 Å². The zero-order valence-electron chi connectivity index (χ0n) is 18.9. The quantitative estimate of drug-likeness (QED) is 0.676. The second-order valence-electron chi connectivity index (χ2n) is 9.35. The van der Waals surface area contributed by atoms with Crippen LogP contribution in [0.25, 0.3) is 0 Å². The van der Waals surface area contributed by atoms with Crippen LogP contribution in [-0.4, -0.2) is 33.4 Å². The van der Waals surface area contributed by atoms with E-state index in [4.69, 9.17) is 4.74 Å². The number of hydrogen-bond acceptors (Lipinski definition) is 2. The summed E-state index contributed by atoms with van der Waals surface area (Å²) < 4.78 is 6.13. The summed E-state index contributed by atoms with van der Waals surface area (Å²) in [6.45, 7) is 9.82. The second-order valence-corrected chi connectivity index (χ2v) is 9.35. The molecule has 0 bridgehead atoms. The molecule has 0 radical (unpaired) electrons. The van der Waals surface area contributed by atoms with Gasteiger partial charge in [-0.2, -0.15) is 0 Å². The summed E-state index contributed by atoms with van der Waals surface area (Å²) in [5.41, 5.74) is 5.73. The maximum atomic E-state index is 6.13. The average Bonchev–Trinajstić information content (AvgIpc) is 2.72. The largest absolute Gasteiger partial charge is 0.378 e. The Kier molecular flexibility index (Phi) is 7.37. The normalized spacial score (nSPS) is 22.1. The SMILES string of the molecule is Cc1ccc([C@]2(CC[NH2+]Cc3ccc(N(C)C)cc3)CCO[C@@H](C(C)C)C2)cc1. The van der Waals surface area contributed by atoms with E-state index in [1.54, 1.807) is 0 Å². The van der Waals surface area contributed by atoms with Gasteiger partial charge in [0.2, 0.25) is 0 Å². The first kappa shape index (κ1) is 21.9. The van der Waals surface area contributed by atoms with Crippen molar-refractivity contribution in [2.75, 3.05) is 32.1 Å². The second kappa shape index (κ2) is 9.77. The van der Waals surface area contributed by atoms with Gasteiger partial charge in [-0.1, -0.05) is 55.8 Å². The van der Waals surface area contributed by atoms with Crippen LogP contribution in [0.4, 0.5) is 5.69 Å². The first-order chi connectivity index (χ1) is 13.9. The molecule has 0 unspecified atom stereocenters. The molecule has 0 aromatic heterocycles. The minimum Gasteiger partial charge on any atom is -0.378 e. The molecule has 1 aliphatic heterocycles. The molecule has 3 nitrogen and oxygen atoms in total. The number of nitrogens with zero attached hydrogens (tertiary/aromatic N) is 1. The maximum absolute atomic E-state index is 6.13. The molecule has 0 spiro atoms. The van der Waals surface area contributed by atoms with Gasteiger partial charge in [0.05, 0.1) is 12.6 Å².